The van der Waals surface area contributed by atoms with Crippen LogP contribution in [0.4, 0.5) is 0 Å². The van der Waals surface area contributed by atoms with Gasteiger partial charge in [0.2, 0.25) is 17.7 Å². The molecule has 2 aromatic carbocycles. The molecule has 1 saturated heterocycles. The van der Waals surface area contributed by atoms with Crippen molar-refractivity contribution in [2.75, 3.05) is 34.2 Å². The van der Waals surface area contributed by atoms with Crippen LogP contribution in [0.3, 0.4) is 0 Å². The lowest BCUT2D eigenvalue weighted by atomic mass is 9.88. The lowest BCUT2D eigenvalue weighted by Crippen LogP contribution is -2.56. The van der Waals surface area contributed by atoms with Gasteiger partial charge in [-0.15, -0.1) is 11.3 Å². The molecule has 0 aliphatic carbocycles. The number of nitrogens with zero attached hydrogens (tertiary/aromatic N) is 3. The van der Waals surface area contributed by atoms with Gasteiger partial charge in [0.25, 0.3) is 0 Å². The first kappa shape index (κ1) is 39.0. The van der Waals surface area contributed by atoms with Crippen molar-refractivity contribution in [3.8, 4) is 11.1 Å². The van der Waals surface area contributed by atoms with Crippen molar-refractivity contribution in [1.29, 1.82) is 0 Å². The highest BCUT2D eigenvalue weighted by Crippen LogP contribution is 2.23. The molecular formula is C41H57N5O3S. The number of hydrogen-bond acceptors (Lipinski definition) is 6. The summed E-state index contributed by atoms with van der Waals surface area (Å²) in [6.45, 7) is 5.81. The van der Waals surface area contributed by atoms with Gasteiger partial charge in [-0.2, -0.15) is 0 Å². The Morgan fingerprint density at radius 3 is 2.32 bits per heavy atom. The zero-order valence-electron chi connectivity index (χ0n) is 30.6. The molecule has 3 amide bonds. The Balaban J connectivity index is 1.57. The first-order valence-electron chi connectivity index (χ1n) is 18.2. The lowest BCUT2D eigenvalue weighted by molar-refractivity contribution is -0.146. The topological polar surface area (TPSA) is 99.0 Å². The molecule has 1 aliphatic rings. The minimum atomic E-state index is -0.824. The van der Waals surface area contributed by atoms with Crippen molar-refractivity contribution < 1.29 is 14.4 Å². The van der Waals surface area contributed by atoms with Crippen LogP contribution in [0.5, 0.6) is 0 Å². The Bertz CT molecular complexity index is 1530. The largest absolute Gasteiger partial charge is 0.354 e. The Hall–Kier alpha value is -3.79. The highest BCUT2D eigenvalue weighted by atomic mass is 32.1. The number of rotatable bonds is 18. The number of hydrogen-bond donors (Lipinski definition) is 2. The maximum Gasteiger partial charge on any atom is 0.246 e. The van der Waals surface area contributed by atoms with Crippen LogP contribution in [-0.2, 0) is 27.2 Å². The Labute approximate surface area is 303 Å². The summed E-state index contributed by atoms with van der Waals surface area (Å²) in [5, 5.41) is 5.12. The summed E-state index contributed by atoms with van der Waals surface area (Å²) in [4.78, 5) is 48.5. The average molecular weight is 700 g/mol. The van der Waals surface area contributed by atoms with E-state index in [2.05, 4.69) is 43.2 Å². The van der Waals surface area contributed by atoms with Crippen molar-refractivity contribution in [2.24, 2.45) is 5.73 Å². The van der Waals surface area contributed by atoms with Crippen LogP contribution in [0.2, 0.25) is 0 Å². The zero-order valence-corrected chi connectivity index (χ0v) is 31.5. The van der Waals surface area contributed by atoms with Crippen LogP contribution < -0.4 is 11.1 Å². The van der Waals surface area contributed by atoms with E-state index in [1.54, 1.807) is 36.4 Å². The molecule has 0 bridgehead atoms. The number of benzene rings is 2. The third-order valence-electron chi connectivity index (χ3n) is 10.4. The summed E-state index contributed by atoms with van der Waals surface area (Å²) in [6.07, 6.45) is 10.5. The fraction of sp³-hybridized carbons (Fsp3) is 0.488. The maximum atomic E-state index is 14.6. The van der Waals surface area contributed by atoms with E-state index in [1.807, 2.05) is 66.1 Å². The zero-order chi connectivity index (χ0) is 36.1. The van der Waals surface area contributed by atoms with Gasteiger partial charge in [-0.25, -0.2) is 0 Å². The van der Waals surface area contributed by atoms with Crippen molar-refractivity contribution >= 4 is 29.1 Å². The number of amides is 3. The highest BCUT2D eigenvalue weighted by molar-refractivity contribution is 7.09. The smallest absolute Gasteiger partial charge is 0.246 e. The predicted molar refractivity (Wildman–Crippen MR) is 206 cm³/mol. The molecule has 4 rings (SSSR count). The van der Waals surface area contributed by atoms with E-state index >= 15 is 0 Å². The van der Waals surface area contributed by atoms with Crippen LogP contribution in [0, 0.1) is 0 Å². The molecule has 4 atom stereocenters. The molecule has 0 radical (unpaired) electrons. The molecule has 3 aromatic rings. The van der Waals surface area contributed by atoms with Crippen LogP contribution in [0.15, 0.2) is 84.3 Å². The second-order valence-electron chi connectivity index (χ2n) is 13.9. The van der Waals surface area contributed by atoms with Crippen LogP contribution in [-0.4, -0.2) is 90.3 Å². The minimum Gasteiger partial charge on any atom is -0.354 e. The fourth-order valence-corrected chi connectivity index (χ4v) is 7.64. The van der Waals surface area contributed by atoms with Crippen molar-refractivity contribution in [2.45, 2.75) is 95.3 Å². The average Bonchev–Trinajstić information content (AvgIpc) is 3.80. The normalized spacial score (nSPS) is 17.3. The molecule has 0 saturated carbocycles. The maximum absolute atomic E-state index is 14.6. The van der Waals surface area contributed by atoms with Crippen LogP contribution >= 0.6 is 11.3 Å². The highest BCUT2D eigenvalue weighted by Gasteiger charge is 2.35. The van der Waals surface area contributed by atoms with Crippen LogP contribution in [0.1, 0.15) is 69.2 Å². The van der Waals surface area contributed by atoms with Gasteiger partial charge in [0.15, 0.2) is 0 Å². The van der Waals surface area contributed by atoms with E-state index in [9.17, 15) is 14.4 Å². The first-order chi connectivity index (χ1) is 24.0. The summed E-state index contributed by atoms with van der Waals surface area (Å²) in [6, 6.07) is 21.1. The Kier molecular flexibility index (Phi) is 14.8. The summed E-state index contributed by atoms with van der Waals surface area (Å²) in [5.74, 6) is -0.724. The fourth-order valence-electron chi connectivity index (χ4n) is 6.90. The minimum absolute atomic E-state index is 0.176. The Morgan fingerprint density at radius 2 is 1.70 bits per heavy atom. The van der Waals surface area contributed by atoms with E-state index in [0.29, 0.717) is 31.8 Å². The number of carbonyl (C=O) groups excluding carboxylic acids is 3. The molecule has 2 unspecified atom stereocenters. The quantitative estimate of drug-likeness (QED) is 0.152. The van der Waals surface area contributed by atoms with E-state index in [-0.39, 0.29) is 23.3 Å². The van der Waals surface area contributed by atoms with Gasteiger partial charge < -0.3 is 25.8 Å². The van der Waals surface area contributed by atoms with E-state index < -0.39 is 12.1 Å². The molecule has 2 heterocycles. The standard InChI is InChI=1S/C41H57N5O3S/c1-6-24-41(42,7-2)25-11-18-38(47)45(4)37(29-31-19-21-33(22-20-31)32-14-9-8-10-15-32)40(49)46(5)36(30-35-17-13-28-50-35)39(48)43-26-23-34-16-12-27-44(34)3/h8-11,13-15,17-22,28,34,36-37H,6-7,12,16,23-27,29-30,42H2,1-5H3,(H,43,48)/b18-11+/t34?,36-,37-,41?/m1/s1. The van der Waals surface area contributed by atoms with Crippen molar-refractivity contribution in [1.82, 2.24) is 20.0 Å². The van der Waals surface area contributed by atoms with Gasteiger partial charge in [0.05, 0.1) is 0 Å². The Morgan fingerprint density at radius 1 is 0.980 bits per heavy atom. The molecule has 1 aromatic heterocycles. The summed E-state index contributed by atoms with van der Waals surface area (Å²) < 4.78 is 0. The summed E-state index contributed by atoms with van der Waals surface area (Å²) in [7, 11) is 5.50. The molecule has 8 nitrogen and oxygen atoms in total. The van der Waals surface area contributed by atoms with E-state index in [1.165, 1.54) is 11.3 Å². The van der Waals surface area contributed by atoms with Gasteiger partial charge in [-0.1, -0.05) is 87.0 Å². The van der Waals surface area contributed by atoms with Gasteiger partial charge in [-0.05, 0) is 86.3 Å². The third-order valence-corrected chi connectivity index (χ3v) is 11.3. The second kappa shape index (κ2) is 19.0. The van der Waals surface area contributed by atoms with E-state index in [4.69, 9.17) is 5.73 Å². The third kappa shape index (κ3) is 10.9. The van der Waals surface area contributed by atoms with Gasteiger partial charge in [0, 0.05) is 49.9 Å². The number of carbonyl (C=O) groups is 3. The van der Waals surface area contributed by atoms with E-state index in [0.717, 1.165) is 60.2 Å². The van der Waals surface area contributed by atoms with Crippen molar-refractivity contribution in [3.05, 3.63) is 94.7 Å². The van der Waals surface area contributed by atoms with Crippen LogP contribution in [0.25, 0.3) is 11.1 Å². The molecule has 50 heavy (non-hydrogen) atoms. The first-order valence-corrected chi connectivity index (χ1v) is 19.1. The van der Waals surface area contributed by atoms with Gasteiger partial charge in [0.1, 0.15) is 12.1 Å². The summed E-state index contributed by atoms with van der Waals surface area (Å²) in [5.41, 5.74) is 9.34. The molecule has 1 fully saturated rings. The molecule has 9 heteroatoms. The predicted octanol–water partition coefficient (Wildman–Crippen LogP) is 6.31. The molecule has 270 valence electrons. The molecular weight excluding hydrogens is 643 g/mol. The monoisotopic (exact) mass is 699 g/mol. The van der Waals surface area contributed by atoms with Crippen molar-refractivity contribution in [3.63, 3.8) is 0 Å². The number of thiophene rings is 1. The SMILES string of the molecule is CCCC(N)(CC)C/C=C/C(=O)N(C)[C@H](Cc1ccc(-c2ccccc2)cc1)C(=O)N(C)[C@H](Cc1cccs1)C(=O)NCCC1CCCN1C. The molecule has 3 N–H and O–H groups in total. The summed E-state index contributed by atoms with van der Waals surface area (Å²) >= 11 is 1.57. The lowest BCUT2D eigenvalue weighted by Gasteiger charge is -2.34. The number of nitrogens with two attached hydrogens (primary N) is 1. The molecule has 1 aliphatic heterocycles. The molecule has 0 spiro atoms. The second-order valence-corrected chi connectivity index (χ2v) is 14.9. The van der Waals surface area contributed by atoms with Gasteiger partial charge in [-0.3, -0.25) is 14.4 Å². The van der Waals surface area contributed by atoms with Gasteiger partial charge >= 0.3 is 0 Å². The number of nitrogens with one attached hydrogen (secondary N) is 1. The number of likely N-dealkylation sites (tertiary alicyclic amines) is 1. The number of likely N-dealkylation sites (N-methyl/N-ethyl adjacent to an activating group) is 2.